The van der Waals surface area contributed by atoms with Crippen molar-refractivity contribution in [2.75, 3.05) is 4.90 Å². The Bertz CT molecular complexity index is 955. The van der Waals surface area contributed by atoms with Crippen LogP contribution < -0.4 is 10.4 Å². The molecule has 6 nitrogen and oxygen atoms in total. The summed E-state index contributed by atoms with van der Waals surface area (Å²) in [4.78, 5) is 23.6. The highest BCUT2D eigenvalue weighted by atomic mass is 16.7. The zero-order valence-corrected chi connectivity index (χ0v) is 17.5. The van der Waals surface area contributed by atoms with E-state index in [1.165, 1.54) is 0 Å². The van der Waals surface area contributed by atoms with Crippen LogP contribution in [0, 0.1) is 6.92 Å². The summed E-state index contributed by atoms with van der Waals surface area (Å²) >= 11 is 0. The summed E-state index contributed by atoms with van der Waals surface area (Å²) in [5, 5.41) is 0. The fraction of sp³-hybridized carbons (Fsp3) is 0.476. The summed E-state index contributed by atoms with van der Waals surface area (Å²) in [6.07, 6.45) is 3.30. The second-order valence-electron chi connectivity index (χ2n) is 9.15. The number of hydrogen-bond donors (Lipinski definition) is 0. The largest absolute Gasteiger partial charge is 0.494 e. The summed E-state index contributed by atoms with van der Waals surface area (Å²) in [5.74, 6) is 0.511. The molecule has 0 radical (unpaired) electrons. The lowest BCUT2D eigenvalue weighted by Gasteiger charge is -2.32. The molecule has 1 aromatic carbocycles. The molecule has 3 heterocycles. The van der Waals surface area contributed by atoms with Crippen molar-refractivity contribution in [3.8, 4) is 0 Å². The summed E-state index contributed by atoms with van der Waals surface area (Å²) in [5.41, 5.74) is 1.92. The van der Waals surface area contributed by atoms with E-state index in [0.717, 1.165) is 22.4 Å². The van der Waals surface area contributed by atoms with E-state index >= 15 is 0 Å². The number of carbonyl (C=O) groups excluding carboxylic acids is 1. The van der Waals surface area contributed by atoms with Crippen LogP contribution in [0.1, 0.15) is 52.8 Å². The maximum absolute atomic E-state index is 13.2. The zero-order chi connectivity index (χ0) is 20.5. The second-order valence-corrected chi connectivity index (χ2v) is 9.15. The number of anilines is 2. The van der Waals surface area contributed by atoms with E-state index in [4.69, 9.17) is 9.31 Å². The molecular formula is C21H26BN3O3. The lowest BCUT2D eigenvalue weighted by molar-refractivity contribution is -0.121. The fourth-order valence-electron chi connectivity index (χ4n) is 3.68. The van der Waals surface area contributed by atoms with Gasteiger partial charge in [0.05, 0.1) is 34.2 Å². The first kappa shape index (κ1) is 19.1. The van der Waals surface area contributed by atoms with Gasteiger partial charge in [-0.3, -0.25) is 14.7 Å². The van der Waals surface area contributed by atoms with Gasteiger partial charge in [-0.15, -0.1) is 0 Å². The first-order valence-electron chi connectivity index (χ1n) is 9.57. The van der Waals surface area contributed by atoms with Gasteiger partial charge >= 0.3 is 7.12 Å². The van der Waals surface area contributed by atoms with Gasteiger partial charge < -0.3 is 9.31 Å². The van der Waals surface area contributed by atoms with Crippen LogP contribution in [0.15, 0.2) is 30.6 Å². The minimum absolute atomic E-state index is 0.0199. The Labute approximate surface area is 166 Å². The number of fused-ring (bicyclic) bond motifs is 1. The predicted octanol–water partition coefficient (Wildman–Crippen LogP) is 3.04. The highest BCUT2D eigenvalue weighted by Gasteiger charge is 2.52. The SMILES string of the molecule is Cc1cncc(N2C(=O)C(C)(C)c3ccc(B4OC(C)(C)C(C)(C)O4)cc32)n1. The van der Waals surface area contributed by atoms with Crippen molar-refractivity contribution in [2.45, 2.75) is 65.1 Å². The number of nitrogens with zero attached hydrogens (tertiary/aromatic N) is 3. The van der Waals surface area contributed by atoms with Crippen LogP contribution in [0.5, 0.6) is 0 Å². The number of carbonyl (C=O) groups is 1. The molecule has 0 atom stereocenters. The molecule has 0 spiro atoms. The lowest BCUT2D eigenvalue weighted by atomic mass is 9.77. The van der Waals surface area contributed by atoms with Crippen LogP contribution in [-0.4, -0.2) is 34.2 Å². The second kappa shape index (κ2) is 5.88. The Balaban J connectivity index is 1.80. The van der Waals surface area contributed by atoms with Gasteiger partial charge in [-0.2, -0.15) is 0 Å². The number of aromatic nitrogens is 2. The molecule has 146 valence electrons. The molecule has 28 heavy (non-hydrogen) atoms. The van der Waals surface area contributed by atoms with Crippen molar-refractivity contribution in [2.24, 2.45) is 0 Å². The first-order chi connectivity index (χ1) is 12.9. The summed E-state index contributed by atoms with van der Waals surface area (Å²) in [7, 11) is -0.487. The Hall–Kier alpha value is -2.25. The van der Waals surface area contributed by atoms with Crippen LogP contribution in [0.4, 0.5) is 11.5 Å². The Morgan fingerprint density at radius 1 is 1.00 bits per heavy atom. The average Bonchev–Trinajstić information content (AvgIpc) is 2.94. The molecule has 2 aromatic rings. The molecule has 1 aromatic heterocycles. The first-order valence-corrected chi connectivity index (χ1v) is 9.57. The van der Waals surface area contributed by atoms with Crippen molar-refractivity contribution in [1.29, 1.82) is 0 Å². The number of aryl methyl sites for hydroxylation is 1. The van der Waals surface area contributed by atoms with E-state index in [2.05, 4.69) is 9.97 Å². The van der Waals surface area contributed by atoms with Gasteiger partial charge in [0.15, 0.2) is 5.82 Å². The molecule has 1 saturated heterocycles. The quantitative estimate of drug-likeness (QED) is 0.751. The molecule has 0 saturated carbocycles. The highest BCUT2D eigenvalue weighted by Crippen LogP contribution is 2.45. The van der Waals surface area contributed by atoms with Crippen LogP contribution in [0.3, 0.4) is 0 Å². The highest BCUT2D eigenvalue weighted by molar-refractivity contribution is 6.62. The van der Waals surface area contributed by atoms with Crippen molar-refractivity contribution < 1.29 is 14.1 Å². The average molecular weight is 379 g/mol. The number of benzene rings is 1. The lowest BCUT2D eigenvalue weighted by Crippen LogP contribution is -2.41. The Kier molecular flexibility index (Phi) is 4.01. The monoisotopic (exact) mass is 379 g/mol. The van der Waals surface area contributed by atoms with E-state index in [-0.39, 0.29) is 5.91 Å². The topological polar surface area (TPSA) is 64.6 Å². The molecule has 1 fully saturated rings. The summed E-state index contributed by atoms with van der Waals surface area (Å²) < 4.78 is 12.4. The molecular weight excluding hydrogens is 353 g/mol. The third-order valence-electron chi connectivity index (χ3n) is 6.17. The van der Waals surface area contributed by atoms with E-state index in [1.807, 2.05) is 66.7 Å². The Morgan fingerprint density at radius 2 is 1.64 bits per heavy atom. The normalized spacial score (nSPS) is 21.9. The van der Waals surface area contributed by atoms with Crippen molar-refractivity contribution in [3.05, 3.63) is 41.9 Å². The fourth-order valence-corrected chi connectivity index (χ4v) is 3.68. The van der Waals surface area contributed by atoms with E-state index in [1.54, 1.807) is 17.3 Å². The van der Waals surface area contributed by atoms with Crippen LogP contribution >= 0.6 is 0 Å². The number of amides is 1. The van der Waals surface area contributed by atoms with Crippen LogP contribution in [-0.2, 0) is 19.5 Å². The molecule has 0 N–H and O–H groups in total. The van der Waals surface area contributed by atoms with Gasteiger partial charge in [-0.1, -0.05) is 12.1 Å². The van der Waals surface area contributed by atoms with Crippen molar-refractivity contribution in [3.63, 3.8) is 0 Å². The van der Waals surface area contributed by atoms with Crippen molar-refractivity contribution >= 4 is 30.0 Å². The minimum Gasteiger partial charge on any atom is -0.399 e. The summed E-state index contributed by atoms with van der Waals surface area (Å²) in [6, 6.07) is 5.96. The number of hydrogen-bond acceptors (Lipinski definition) is 5. The van der Waals surface area contributed by atoms with Crippen LogP contribution in [0.25, 0.3) is 0 Å². The van der Waals surface area contributed by atoms with E-state index in [9.17, 15) is 4.79 Å². The molecule has 0 unspecified atom stereocenters. The van der Waals surface area contributed by atoms with E-state index < -0.39 is 23.7 Å². The molecule has 0 bridgehead atoms. The molecule has 2 aliphatic heterocycles. The molecule has 1 amide bonds. The van der Waals surface area contributed by atoms with Gasteiger partial charge in [0.2, 0.25) is 5.91 Å². The molecule has 2 aliphatic rings. The molecule has 4 rings (SSSR count). The van der Waals surface area contributed by atoms with Gasteiger partial charge in [0.1, 0.15) is 0 Å². The smallest absolute Gasteiger partial charge is 0.399 e. The molecule has 7 heteroatoms. The number of rotatable bonds is 2. The van der Waals surface area contributed by atoms with Gasteiger partial charge in [-0.05, 0) is 65.6 Å². The van der Waals surface area contributed by atoms with Crippen LogP contribution in [0.2, 0.25) is 0 Å². The third kappa shape index (κ3) is 2.68. The maximum atomic E-state index is 13.2. The Morgan fingerprint density at radius 3 is 2.25 bits per heavy atom. The van der Waals surface area contributed by atoms with Gasteiger partial charge in [0, 0.05) is 6.20 Å². The maximum Gasteiger partial charge on any atom is 0.494 e. The summed E-state index contributed by atoms with van der Waals surface area (Å²) in [6.45, 7) is 13.9. The predicted molar refractivity (Wildman–Crippen MR) is 109 cm³/mol. The molecule has 0 aliphatic carbocycles. The minimum atomic E-state index is -0.644. The van der Waals surface area contributed by atoms with Crippen molar-refractivity contribution in [1.82, 2.24) is 9.97 Å². The van der Waals surface area contributed by atoms with Gasteiger partial charge in [-0.25, -0.2) is 4.98 Å². The third-order valence-corrected chi connectivity index (χ3v) is 6.17. The zero-order valence-electron chi connectivity index (χ0n) is 17.5. The van der Waals surface area contributed by atoms with E-state index in [0.29, 0.717) is 5.82 Å². The standard InChI is InChI=1S/C21H26BN3O3/c1-13-11-23-12-17(24-13)25-16-10-14(8-9-15(16)19(2,3)18(25)26)22-27-20(4,5)21(6,7)28-22/h8-12H,1-7H3. The van der Waals surface area contributed by atoms with Gasteiger partial charge in [0.25, 0.3) is 0 Å².